The Morgan fingerprint density at radius 1 is 1.57 bits per heavy atom. The van der Waals surface area contributed by atoms with Crippen LogP contribution < -0.4 is 5.32 Å². The van der Waals surface area contributed by atoms with E-state index < -0.39 is 0 Å². The van der Waals surface area contributed by atoms with Gasteiger partial charge in [-0.1, -0.05) is 12.1 Å². The minimum absolute atomic E-state index is 0.350. The third-order valence-corrected chi connectivity index (χ3v) is 4.83. The maximum Gasteiger partial charge on any atom is 0.246 e. The average Bonchev–Trinajstić information content (AvgIpc) is 3.05. The monoisotopic (exact) mass is 334 g/mol. The number of hydrogen-bond donors (Lipinski definition) is 1. The van der Waals surface area contributed by atoms with Crippen LogP contribution in [-0.2, 0) is 6.54 Å². The van der Waals surface area contributed by atoms with Crippen molar-refractivity contribution in [2.75, 3.05) is 20.6 Å². The van der Waals surface area contributed by atoms with Crippen molar-refractivity contribution in [1.82, 2.24) is 25.3 Å². The molecule has 3 rings (SSSR count). The molecule has 1 unspecified atom stereocenters. The van der Waals surface area contributed by atoms with Gasteiger partial charge in [0.2, 0.25) is 5.89 Å². The molecule has 7 nitrogen and oxygen atoms in total. The Kier molecular flexibility index (Phi) is 4.90. The first-order chi connectivity index (χ1) is 11.2. The highest BCUT2D eigenvalue weighted by atomic mass is 32.1. The van der Waals surface area contributed by atoms with E-state index >= 15 is 0 Å². The van der Waals surface area contributed by atoms with Crippen molar-refractivity contribution in [3.63, 3.8) is 0 Å². The van der Waals surface area contributed by atoms with Crippen LogP contribution >= 0.6 is 11.3 Å². The van der Waals surface area contributed by atoms with Crippen molar-refractivity contribution in [2.24, 2.45) is 4.99 Å². The van der Waals surface area contributed by atoms with Crippen molar-refractivity contribution >= 4 is 17.3 Å². The molecule has 8 heteroatoms. The Hall–Kier alpha value is -1.96. The largest absolute Gasteiger partial charge is 0.347 e. The van der Waals surface area contributed by atoms with Gasteiger partial charge in [0.15, 0.2) is 11.8 Å². The molecule has 0 aliphatic heterocycles. The molecular formula is C15H22N6OS. The Labute approximate surface area is 139 Å². The highest BCUT2D eigenvalue weighted by Crippen LogP contribution is 2.38. The number of likely N-dealkylation sites (N-methyl/N-ethyl adjacent to an activating group) is 1. The van der Waals surface area contributed by atoms with E-state index in [9.17, 15) is 0 Å². The predicted octanol–water partition coefficient (Wildman–Crippen LogP) is 2.21. The van der Waals surface area contributed by atoms with Crippen LogP contribution in [0.25, 0.3) is 0 Å². The highest BCUT2D eigenvalue weighted by Gasteiger charge is 2.28. The molecule has 0 aromatic carbocycles. The van der Waals surface area contributed by atoms with Crippen LogP contribution in [0.15, 0.2) is 21.1 Å². The first-order valence-corrected chi connectivity index (χ1v) is 8.69. The molecule has 2 aromatic heterocycles. The van der Waals surface area contributed by atoms with Gasteiger partial charge in [0.1, 0.15) is 0 Å². The molecule has 2 heterocycles. The first kappa shape index (κ1) is 15.9. The van der Waals surface area contributed by atoms with Gasteiger partial charge in [0.05, 0.1) is 11.6 Å². The normalized spacial score (nSPS) is 16.4. The fourth-order valence-corrected chi connectivity index (χ4v) is 3.13. The first-order valence-electron chi connectivity index (χ1n) is 7.81. The summed E-state index contributed by atoms with van der Waals surface area (Å²) in [5.41, 5.74) is 0. The predicted molar refractivity (Wildman–Crippen MR) is 89.6 cm³/mol. The second kappa shape index (κ2) is 7.08. The lowest BCUT2D eigenvalue weighted by Crippen LogP contribution is -2.40. The molecule has 124 valence electrons. The Morgan fingerprint density at radius 2 is 2.39 bits per heavy atom. The van der Waals surface area contributed by atoms with Crippen molar-refractivity contribution < 1.29 is 4.52 Å². The zero-order chi connectivity index (χ0) is 16.2. The molecule has 1 fully saturated rings. The fraction of sp³-hybridized carbons (Fsp3) is 0.600. The summed E-state index contributed by atoms with van der Waals surface area (Å²) in [6.45, 7) is 3.50. The van der Waals surface area contributed by atoms with Crippen molar-refractivity contribution in [1.29, 1.82) is 0 Å². The molecule has 1 aliphatic rings. The van der Waals surface area contributed by atoms with Gasteiger partial charge in [-0.3, -0.25) is 4.99 Å². The molecule has 1 saturated carbocycles. The number of guanidine groups is 1. The van der Waals surface area contributed by atoms with Gasteiger partial charge < -0.3 is 14.7 Å². The molecule has 0 saturated heterocycles. The molecular weight excluding hydrogens is 312 g/mol. The van der Waals surface area contributed by atoms with Gasteiger partial charge in [0.25, 0.3) is 0 Å². The third kappa shape index (κ3) is 4.07. The van der Waals surface area contributed by atoms with Gasteiger partial charge in [-0.2, -0.15) is 4.98 Å². The second-order valence-corrected chi connectivity index (χ2v) is 6.80. The van der Waals surface area contributed by atoms with Gasteiger partial charge >= 0.3 is 0 Å². The van der Waals surface area contributed by atoms with Gasteiger partial charge in [-0.05, 0) is 12.8 Å². The number of hydrogen-bond acceptors (Lipinski definition) is 6. The molecule has 0 spiro atoms. The Morgan fingerprint density at radius 3 is 3.04 bits per heavy atom. The van der Waals surface area contributed by atoms with Crippen LogP contribution in [0.1, 0.15) is 48.3 Å². The summed E-state index contributed by atoms with van der Waals surface area (Å²) in [5.74, 6) is 3.11. The number of aliphatic imine (C=N–C) groups is 1. The minimum atomic E-state index is 0.350. The number of nitrogens with one attached hydrogen (secondary N) is 1. The summed E-state index contributed by atoms with van der Waals surface area (Å²) >= 11 is 1.68. The lowest BCUT2D eigenvalue weighted by atomic mass is 10.2. The SMILES string of the molecule is CN=C(NCc1nc(C2CC2)no1)N(C)CC(C)c1nccs1. The van der Waals surface area contributed by atoms with Crippen LogP contribution in [0.2, 0.25) is 0 Å². The second-order valence-electron chi connectivity index (χ2n) is 5.87. The van der Waals surface area contributed by atoms with Gasteiger partial charge in [0, 0.05) is 44.1 Å². The zero-order valence-corrected chi connectivity index (χ0v) is 14.5. The van der Waals surface area contributed by atoms with Crippen LogP contribution in [0, 0.1) is 0 Å². The molecule has 1 aliphatic carbocycles. The van der Waals surface area contributed by atoms with Crippen molar-refractivity contribution in [2.45, 2.75) is 38.1 Å². The smallest absolute Gasteiger partial charge is 0.246 e. The number of rotatable bonds is 6. The van der Waals surface area contributed by atoms with Crippen LogP contribution in [-0.4, -0.2) is 46.6 Å². The fourth-order valence-electron chi connectivity index (χ4n) is 2.44. The van der Waals surface area contributed by atoms with Crippen LogP contribution in [0.3, 0.4) is 0 Å². The Balaban J connectivity index is 1.51. The minimum Gasteiger partial charge on any atom is -0.347 e. The van der Waals surface area contributed by atoms with E-state index in [1.54, 1.807) is 18.4 Å². The number of aromatic nitrogens is 3. The van der Waals surface area contributed by atoms with E-state index in [1.165, 1.54) is 12.8 Å². The molecule has 23 heavy (non-hydrogen) atoms. The lowest BCUT2D eigenvalue weighted by molar-refractivity contribution is 0.365. The maximum atomic E-state index is 5.28. The molecule has 0 bridgehead atoms. The molecule has 0 amide bonds. The summed E-state index contributed by atoms with van der Waals surface area (Å²) in [7, 11) is 3.79. The molecule has 2 aromatic rings. The van der Waals surface area contributed by atoms with E-state index in [-0.39, 0.29) is 0 Å². The van der Waals surface area contributed by atoms with Crippen LogP contribution in [0.5, 0.6) is 0 Å². The molecule has 0 radical (unpaired) electrons. The summed E-state index contributed by atoms with van der Waals surface area (Å²) in [5, 5.41) is 10.4. The van der Waals surface area contributed by atoms with E-state index in [4.69, 9.17) is 4.52 Å². The summed E-state index contributed by atoms with van der Waals surface area (Å²) in [6, 6.07) is 0. The maximum absolute atomic E-state index is 5.28. The Bertz CT molecular complexity index is 649. The lowest BCUT2D eigenvalue weighted by Gasteiger charge is -2.24. The quantitative estimate of drug-likeness (QED) is 0.644. The number of thiazole rings is 1. The zero-order valence-electron chi connectivity index (χ0n) is 13.7. The standard InChI is InChI=1S/C15H22N6OS/c1-10(14-17-6-7-23-14)9-21(3)15(16-2)18-8-12-19-13(20-22-12)11-4-5-11/h6-7,10-11H,4-5,8-9H2,1-3H3,(H,16,18). The average molecular weight is 334 g/mol. The summed E-state index contributed by atoms with van der Waals surface area (Å²) < 4.78 is 5.28. The van der Waals surface area contributed by atoms with Gasteiger partial charge in [-0.15, -0.1) is 11.3 Å². The van der Waals surface area contributed by atoms with Crippen molar-refractivity contribution in [3.05, 3.63) is 28.3 Å². The number of nitrogens with zero attached hydrogens (tertiary/aromatic N) is 5. The van der Waals surface area contributed by atoms with Gasteiger partial charge in [-0.25, -0.2) is 4.98 Å². The van der Waals surface area contributed by atoms with Crippen LogP contribution in [0.4, 0.5) is 0 Å². The molecule has 1 N–H and O–H groups in total. The summed E-state index contributed by atoms with van der Waals surface area (Å²) in [4.78, 5) is 15.2. The highest BCUT2D eigenvalue weighted by molar-refractivity contribution is 7.09. The topological polar surface area (TPSA) is 79.4 Å². The summed E-state index contributed by atoms with van der Waals surface area (Å²) in [6.07, 6.45) is 4.19. The van der Waals surface area contributed by atoms with E-state index in [0.29, 0.717) is 24.3 Å². The third-order valence-electron chi connectivity index (χ3n) is 3.82. The van der Waals surface area contributed by atoms with Crippen molar-refractivity contribution in [3.8, 4) is 0 Å². The van der Waals surface area contributed by atoms with E-state index in [2.05, 4.69) is 37.3 Å². The van der Waals surface area contributed by atoms with E-state index in [1.807, 2.05) is 18.6 Å². The van der Waals surface area contributed by atoms with E-state index in [0.717, 1.165) is 23.3 Å². The molecule has 1 atom stereocenters.